The van der Waals surface area contributed by atoms with Crippen molar-refractivity contribution >= 4 is 5.71 Å². The van der Waals surface area contributed by atoms with E-state index in [1.807, 2.05) is 71.9 Å². The molecule has 5 nitrogen and oxygen atoms in total. The minimum Gasteiger partial charge on any atom is -0.504 e. The van der Waals surface area contributed by atoms with E-state index >= 15 is 0 Å². The van der Waals surface area contributed by atoms with Crippen LogP contribution in [-0.2, 0) is 10.8 Å². The molecule has 0 fully saturated rings. The summed E-state index contributed by atoms with van der Waals surface area (Å²) in [7, 11) is 0. The van der Waals surface area contributed by atoms with Crippen molar-refractivity contribution in [3.05, 3.63) is 53.1 Å². The van der Waals surface area contributed by atoms with E-state index < -0.39 is 0 Å². The highest BCUT2D eigenvalue weighted by atomic mass is 16.4. The van der Waals surface area contributed by atoms with E-state index in [0.717, 1.165) is 0 Å². The van der Waals surface area contributed by atoms with Gasteiger partial charge in [-0.05, 0) is 0 Å². The third kappa shape index (κ3) is 3.55. The molecular weight excluding hydrogens is 302 g/mol. The minimum atomic E-state index is -0.376. The molecule has 0 aliphatic rings. The molecule has 1 aromatic carbocycles. The van der Waals surface area contributed by atoms with Crippen molar-refractivity contribution in [2.24, 2.45) is 5.16 Å². The van der Waals surface area contributed by atoms with E-state index in [1.54, 1.807) is 0 Å². The molecule has 0 saturated carbocycles. The van der Waals surface area contributed by atoms with E-state index in [2.05, 4.69) is 15.1 Å². The fourth-order valence-electron chi connectivity index (χ4n) is 2.43. The first-order chi connectivity index (χ1) is 11.1. The summed E-state index contributed by atoms with van der Waals surface area (Å²) >= 11 is 0. The van der Waals surface area contributed by atoms with Gasteiger partial charge in [0.25, 0.3) is 0 Å². The van der Waals surface area contributed by atoms with Crippen LogP contribution in [0.4, 0.5) is 0 Å². The highest BCUT2D eigenvalue weighted by molar-refractivity contribution is 6.10. The zero-order valence-corrected chi connectivity index (χ0v) is 15.1. The summed E-state index contributed by atoms with van der Waals surface area (Å²) in [5, 5.41) is 23.6. The number of rotatable bonds is 2. The molecule has 1 heterocycles. The lowest BCUT2D eigenvalue weighted by atomic mass is 9.85. The predicted molar refractivity (Wildman–Crippen MR) is 95.0 cm³/mol. The lowest BCUT2D eigenvalue weighted by Crippen LogP contribution is -2.24. The summed E-state index contributed by atoms with van der Waals surface area (Å²) in [4.78, 5) is 9.03. The maximum absolute atomic E-state index is 10.7. The molecule has 0 spiro atoms. The largest absolute Gasteiger partial charge is 0.504 e. The molecule has 24 heavy (non-hydrogen) atoms. The second kappa shape index (κ2) is 6.23. The van der Waals surface area contributed by atoms with E-state index in [4.69, 9.17) is 0 Å². The van der Waals surface area contributed by atoms with Crippen molar-refractivity contribution in [1.82, 2.24) is 9.97 Å². The second-order valence-corrected chi connectivity index (χ2v) is 7.91. The Hall–Kier alpha value is -2.43. The normalized spacial score (nSPS) is 13.2. The van der Waals surface area contributed by atoms with E-state index in [0.29, 0.717) is 22.8 Å². The summed E-state index contributed by atoms with van der Waals surface area (Å²) in [5.74, 6) is 0.403. The average Bonchev–Trinajstić information content (AvgIpc) is 2.48. The third-order valence-corrected chi connectivity index (χ3v) is 3.66. The van der Waals surface area contributed by atoms with E-state index in [-0.39, 0.29) is 22.3 Å². The molecule has 1 aromatic heterocycles. The molecular formula is C19H25N3O2. The van der Waals surface area contributed by atoms with Crippen molar-refractivity contribution in [2.75, 3.05) is 0 Å². The molecule has 2 N–H and O–H groups in total. The molecule has 2 aromatic rings. The number of nitrogens with zero attached hydrogens (tertiary/aromatic N) is 3. The van der Waals surface area contributed by atoms with Crippen LogP contribution < -0.4 is 0 Å². The molecule has 2 rings (SSSR count). The quantitative estimate of drug-likeness (QED) is 0.496. The van der Waals surface area contributed by atoms with Crippen LogP contribution in [0, 0.1) is 0 Å². The number of aromatic hydroxyl groups is 1. The van der Waals surface area contributed by atoms with Gasteiger partial charge in [0.2, 0.25) is 0 Å². The van der Waals surface area contributed by atoms with E-state index in [9.17, 15) is 10.3 Å². The van der Waals surface area contributed by atoms with Gasteiger partial charge in [-0.15, -0.1) is 0 Å². The number of benzene rings is 1. The van der Waals surface area contributed by atoms with E-state index in [1.165, 1.54) is 0 Å². The lowest BCUT2D eigenvalue weighted by molar-refractivity contribution is 0.319. The van der Waals surface area contributed by atoms with Gasteiger partial charge in [-0.25, -0.2) is 9.97 Å². The monoisotopic (exact) mass is 327 g/mol. The second-order valence-electron chi connectivity index (χ2n) is 7.91. The molecule has 0 radical (unpaired) electrons. The van der Waals surface area contributed by atoms with Crippen LogP contribution in [0.5, 0.6) is 5.75 Å². The Balaban J connectivity index is 2.75. The van der Waals surface area contributed by atoms with Gasteiger partial charge in [0.05, 0.1) is 11.4 Å². The molecule has 0 aliphatic heterocycles. The van der Waals surface area contributed by atoms with Crippen molar-refractivity contribution < 1.29 is 10.3 Å². The first-order valence-electron chi connectivity index (χ1n) is 7.95. The SMILES string of the molecule is CC(C)(C)c1nc(/C(=N\O)c2ccccc2)nc(C(C)(C)C)c1O. The summed E-state index contributed by atoms with van der Waals surface area (Å²) in [6, 6.07) is 9.27. The Morgan fingerprint density at radius 1 is 0.875 bits per heavy atom. The van der Waals surface area contributed by atoms with Gasteiger partial charge < -0.3 is 10.3 Å². The standard InChI is InChI=1S/C19H25N3O2/c1-18(2,3)15-14(23)16(19(4,5)6)21-17(20-15)13(22-24)12-10-8-7-9-11-12/h7-11,23-24H,1-6H3/b22-13-. The maximum Gasteiger partial charge on any atom is 0.183 e. The lowest BCUT2D eigenvalue weighted by Gasteiger charge is -2.26. The molecule has 0 saturated heterocycles. The van der Waals surface area contributed by atoms with Crippen LogP contribution in [0.15, 0.2) is 35.5 Å². The van der Waals surface area contributed by atoms with Crippen LogP contribution in [0.2, 0.25) is 0 Å². The van der Waals surface area contributed by atoms with Crippen LogP contribution >= 0.6 is 0 Å². The number of oxime groups is 1. The van der Waals surface area contributed by atoms with Gasteiger partial charge in [-0.2, -0.15) is 0 Å². The van der Waals surface area contributed by atoms with Gasteiger partial charge in [-0.3, -0.25) is 0 Å². The third-order valence-electron chi connectivity index (χ3n) is 3.66. The Kier molecular flexibility index (Phi) is 4.65. The van der Waals surface area contributed by atoms with Crippen LogP contribution in [0.1, 0.15) is 64.3 Å². The van der Waals surface area contributed by atoms with Crippen molar-refractivity contribution in [1.29, 1.82) is 0 Å². The van der Waals surface area contributed by atoms with Crippen LogP contribution in [-0.4, -0.2) is 26.0 Å². The van der Waals surface area contributed by atoms with Gasteiger partial charge in [0.1, 0.15) is 0 Å². The fourth-order valence-corrected chi connectivity index (χ4v) is 2.43. The Morgan fingerprint density at radius 2 is 1.33 bits per heavy atom. The Labute approximate surface area is 143 Å². The van der Waals surface area contributed by atoms with Crippen molar-refractivity contribution in [3.63, 3.8) is 0 Å². The topological polar surface area (TPSA) is 78.6 Å². The molecule has 0 unspecified atom stereocenters. The molecule has 5 heteroatoms. The first-order valence-corrected chi connectivity index (χ1v) is 7.95. The predicted octanol–water partition coefficient (Wildman–Crippen LogP) is 4.00. The summed E-state index contributed by atoms with van der Waals surface area (Å²) < 4.78 is 0. The molecule has 0 bridgehead atoms. The Morgan fingerprint density at radius 3 is 1.71 bits per heavy atom. The van der Waals surface area contributed by atoms with Crippen molar-refractivity contribution in [3.8, 4) is 5.75 Å². The smallest absolute Gasteiger partial charge is 0.183 e. The van der Waals surface area contributed by atoms with Gasteiger partial charge in [-0.1, -0.05) is 77.0 Å². The Bertz CT molecular complexity index is 719. The first kappa shape index (κ1) is 17.9. The summed E-state index contributed by atoms with van der Waals surface area (Å²) in [5.41, 5.74) is 1.32. The van der Waals surface area contributed by atoms with Crippen molar-refractivity contribution in [2.45, 2.75) is 52.4 Å². The number of hydrogen-bond acceptors (Lipinski definition) is 5. The van der Waals surface area contributed by atoms with Gasteiger partial charge in [0.15, 0.2) is 17.3 Å². The van der Waals surface area contributed by atoms with Gasteiger partial charge >= 0.3 is 0 Å². The highest BCUT2D eigenvalue weighted by Crippen LogP contribution is 2.36. The zero-order valence-electron chi connectivity index (χ0n) is 15.1. The average molecular weight is 327 g/mol. The molecule has 0 atom stereocenters. The molecule has 128 valence electrons. The molecule has 0 amide bonds. The summed E-state index contributed by atoms with van der Waals surface area (Å²) in [6.45, 7) is 11.9. The summed E-state index contributed by atoms with van der Waals surface area (Å²) in [6.07, 6.45) is 0. The number of hydrogen-bond donors (Lipinski definition) is 2. The van der Waals surface area contributed by atoms with Crippen LogP contribution in [0.3, 0.4) is 0 Å². The fraction of sp³-hybridized carbons (Fsp3) is 0.421. The molecule has 0 aliphatic carbocycles. The van der Waals surface area contributed by atoms with Crippen LogP contribution in [0.25, 0.3) is 0 Å². The highest BCUT2D eigenvalue weighted by Gasteiger charge is 2.30. The maximum atomic E-state index is 10.7. The number of aromatic nitrogens is 2. The minimum absolute atomic E-state index is 0.101. The zero-order chi connectivity index (χ0) is 18.1. The van der Waals surface area contributed by atoms with Gasteiger partial charge in [0, 0.05) is 16.4 Å².